The van der Waals surface area contributed by atoms with E-state index in [0.29, 0.717) is 11.3 Å². The van der Waals surface area contributed by atoms with Gasteiger partial charge in [0.25, 0.3) is 5.91 Å². The van der Waals surface area contributed by atoms with Crippen molar-refractivity contribution in [2.45, 2.75) is 13.8 Å². The monoisotopic (exact) mass is 312 g/mol. The van der Waals surface area contributed by atoms with Crippen LogP contribution in [-0.2, 0) is 9.59 Å². The molecule has 0 aliphatic heterocycles. The summed E-state index contributed by atoms with van der Waals surface area (Å²) in [6.07, 6.45) is 4.65. The highest BCUT2D eigenvalue weighted by molar-refractivity contribution is 6.26. The molecule has 1 heterocycles. The number of ketones is 1. The van der Waals surface area contributed by atoms with E-state index in [-0.39, 0.29) is 17.3 Å². The van der Waals surface area contributed by atoms with E-state index in [4.69, 9.17) is 0 Å². The number of aromatic nitrogens is 1. The van der Waals surface area contributed by atoms with Crippen LogP contribution in [0.2, 0.25) is 0 Å². The Labute approximate surface area is 134 Å². The normalized spacial score (nSPS) is 11.4. The summed E-state index contributed by atoms with van der Waals surface area (Å²) in [5.74, 6) is -1.66. The van der Waals surface area contributed by atoms with E-state index in [1.807, 2.05) is 0 Å². The molecule has 23 heavy (non-hydrogen) atoms. The standard InChI is InChI=1S/C18H17FN2O2/c1-12(2)17(22)16(9-13-5-4-8-20-11-13)18(23)21-15-7-3-6-14(19)10-15/h3-12H,1-2H3,(H,21,23). The lowest BCUT2D eigenvalue weighted by atomic mass is 9.98. The Hall–Kier alpha value is -2.82. The highest BCUT2D eigenvalue weighted by Gasteiger charge is 2.21. The molecule has 0 spiro atoms. The van der Waals surface area contributed by atoms with Crippen LogP contribution >= 0.6 is 0 Å². The molecule has 5 heteroatoms. The first-order chi connectivity index (χ1) is 11.0. The van der Waals surface area contributed by atoms with Gasteiger partial charge in [-0.25, -0.2) is 4.39 Å². The lowest BCUT2D eigenvalue weighted by molar-refractivity contribution is -0.121. The SMILES string of the molecule is CC(C)C(=O)C(=Cc1cccnc1)C(=O)Nc1cccc(F)c1. The first-order valence-corrected chi connectivity index (χ1v) is 7.20. The smallest absolute Gasteiger partial charge is 0.259 e. The Balaban J connectivity index is 2.32. The van der Waals surface area contributed by atoms with Crippen LogP contribution in [0.5, 0.6) is 0 Å². The maximum Gasteiger partial charge on any atom is 0.259 e. The van der Waals surface area contributed by atoms with Gasteiger partial charge in [0.15, 0.2) is 5.78 Å². The zero-order valence-corrected chi connectivity index (χ0v) is 12.9. The zero-order chi connectivity index (χ0) is 16.8. The summed E-state index contributed by atoms with van der Waals surface area (Å²) in [4.78, 5) is 28.7. The topological polar surface area (TPSA) is 59.1 Å². The van der Waals surface area contributed by atoms with Crippen LogP contribution in [0.4, 0.5) is 10.1 Å². The van der Waals surface area contributed by atoms with Crippen molar-refractivity contribution in [2.24, 2.45) is 5.92 Å². The lowest BCUT2D eigenvalue weighted by Crippen LogP contribution is -2.23. The third kappa shape index (κ3) is 4.57. The van der Waals surface area contributed by atoms with Crippen LogP contribution in [0.15, 0.2) is 54.4 Å². The minimum atomic E-state index is -0.571. The second kappa shape index (κ2) is 7.45. The Morgan fingerprint density at radius 2 is 2.00 bits per heavy atom. The average molecular weight is 312 g/mol. The molecule has 0 aliphatic rings. The minimum Gasteiger partial charge on any atom is -0.322 e. The number of pyridine rings is 1. The van der Waals surface area contributed by atoms with Crippen LogP contribution in [0.3, 0.4) is 0 Å². The fourth-order valence-corrected chi connectivity index (χ4v) is 1.95. The van der Waals surface area contributed by atoms with Crippen molar-refractivity contribution in [1.82, 2.24) is 4.98 Å². The molecule has 1 aromatic heterocycles. The molecule has 2 rings (SSSR count). The second-order valence-electron chi connectivity index (χ2n) is 5.33. The molecular formula is C18H17FN2O2. The number of nitrogens with one attached hydrogen (secondary N) is 1. The molecule has 0 saturated carbocycles. The van der Waals surface area contributed by atoms with Gasteiger partial charge in [-0.3, -0.25) is 14.6 Å². The number of halogens is 1. The molecular weight excluding hydrogens is 295 g/mol. The van der Waals surface area contributed by atoms with Crippen LogP contribution in [0, 0.1) is 11.7 Å². The number of rotatable bonds is 5. The second-order valence-corrected chi connectivity index (χ2v) is 5.33. The summed E-state index contributed by atoms with van der Waals surface area (Å²) in [7, 11) is 0. The third-order valence-corrected chi connectivity index (χ3v) is 3.11. The van der Waals surface area contributed by atoms with E-state index in [0.717, 1.165) is 0 Å². The number of hydrogen-bond acceptors (Lipinski definition) is 3. The van der Waals surface area contributed by atoms with E-state index >= 15 is 0 Å². The predicted molar refractivity (Wildman–Crippen MR) is 87.1 cm³/mol. The molecule has 0 saturated heterocycles. The van der Waals surface area contributed by atoms with Gasteiger partial charge in [0.1, 0.15) is 5.82 Å². The summed E-state index contributed by atoms with van der Waals surface area (Å²) in [6.45, 7) is 3.43. The summed E-state index contributed by atoms with van der Waals surface area (Å²) >= 11 is 0. The van der Waals surface area contributed by atoms with Gasteiger partial charge in [-0.05, 0) is 35.9 Å². The molecule has 1 amide bonds. The fourth-order valence-electron chi connectivity index (χ4n) is 1.95. The van der Waals surface area contributed by atoms with E-state index < -0.39 is 11.7 Å². The molecule has 2 aromatic rings. The summed E-state index contributed by atoms with van der Waals surface area (Å²) in [6, 6.07) is 8.98. The first-order valence-electron chi connectivity index (χ1n) is 7.20. The van der Waals surface area contributed by atoms with Crippen molar-refractivity contribution >= 4 is 23.5 Å². The van der Waals surface area contributed by atoms with Crippen LogP contribution < -0.4 is 5.32 Å². The van der Waals surface area contributed by atoms with Gasteiger partial charge in [-0.15, -0.1) is 0 Å². The van der Waals surface area contributed by atoms with Crippen molar-refractivity contribution in [3.8, 4) is 0 Å². The highest BCUT2D eigenvalue weighted by Crippen LogP contribution is 2.15. The van der Waals surface area contributed by atoms with Gasteiger partial charge in [0, 0.05) is 24.0 Å². The average Bonchev–Trinajstić information content (AvgIpc) is 2.52. The van der Waals surface area contributed by atoms with Gasteiger partial charge in [0.05, 0.1) is 5.57 Å². The Bertz CT molecular complexity index is 740. The van der Waals surface area contributed by atoms with Gasteiger partial charge >= 0.3 is 0 Å². The lowest BCUT2D eigenvalue weighted by Gasteiger charge is -2.10. The van der Waals surface area contributed by atoms with Gasteiger partial charge in [0.2, 0.25) is 0 Å². The van der Waals surface area contributed by atoms with Crippen molar-refractivity contribution in [1.29, 1.82) is 0 Å². The van der Waals surface area contributed by atoms with E-state index in [1.165, 1.54) is 24.3 Å². The molecule has 0 bridgehead atoms. The Kier molecular flexibility index (Phi) is 5.36. The number of amides is 1. The number of benzene rings is 1. The van der Waals surface area contributed by atoms with Crippen molar-refractivity contribution in [3.63, 3.8) is 0 Å². The van der Waals surface area contributed by atoms with E-state index in [2.05, 4.69) is 10.3 Å². The summed E-state index contributed by atoms with van der Waals surface area (Å²) in [5.41, 5.74) is 0.951. The van der Waals surface area contributed by atoms with Gasteiger partial charge < -0.3 is 5.32 Å². The number of anilines is 1. The van der Waals surface area contributed by atoms with Crippen LogP contribution in [0.25, 0.3) is 6.08 Å². The number of carbonyl (C=O) groups excluding carboxylic acids is 2. The summed E-state index contributed by atoms with van der Waals surface area (Å²) in [5, 5.41) is 2.55. The maximum absolute atomic E-state index is 13.2. The molecule has 118 valence electrons. The minimum absolute atomic E-state index is 0.0114. The number of hydrogen-bond donors (Lipinski definition) is 1. The fraction of sp³-hybridized carbons (Fsp3) is 0.167. The predicted octanol–water partition coefficient (Wildman–Crippen LogP) is 3.47. The van der Waals surface area contributed by atoms with Gasteiger partial charge in [-0.2, -0.15) is 0 Å². The molecule has 4 nitrogen and oxygen atoms in total. The Morgan fingerprint density at radius 3 is 2.61 bits per heavy atom. The molecule has 1 N–H and O–H groups in total. The molecule has 0 aliphatic carbocycles. The number of nitrogens with zero attached hydrogens (tertiary/aromatic N) is 1. The van der Waals surface area contributed by atoms with E-state index in [9.17, 15) is 14.0 Å². The van der Waals surface area contributed by atoms with Crippen LogP contribution in [0.1, 0.15) is 19.4 Å². The molecule has 0 atom stereocenters. The van der Waals surface area contributed by atoms with Gasteiger partial charge in [-0.1, -0.05) is 26.0 Å². The van der Waals surface area contributed by atoms with Crippen molar-refractivity contribution < 1.29 is 14.0 Å². The van der Waals surface area contributed by atoms with Crippen molar-refractivity contribution in [2.75, 3.05) is 5.32 Å². The molecule has 0 unspecified atom stereocenters. The molecule has 1 aromatic carbocycles. The van der Waals surface area contributed by atoms with E-state index in [1.54, 1.807) is 44.4 Å². The molecule has 0 fully saturated rings. The zero-order valence-electron chi connectivity index (χ0n) is 12.9. The quantitative estimate of drug-likeness (QED) is 0.522. The maximum atomic E-state index is 13.2. The summed E-state index contributed by atoms with van der Waals surface area (Å²) < 4.78 is 13.2. The highest BCUT2D eigenvalue weighted by atomic mass is 19.1. The first kappa shape index (κ1) is 16.5. The largest absolute Gasteiger partial charge is 0.322 e. The van der Waals surface area contributed by atoms with Crippen molar-refractivity contribution in [3.05, 3.63) is 65.7 Å². The number of carbonyl (C=O) groups is 2. The van der Waals surface area contributed by atoms with Crippen LogP contribution in [-0.4, -0.2) is 16.7 Å². The number of Topliss-reactive ketones (excluding diaryl/α,β-unsaturated/α-hetero) is 1. The third-order valence-electron chi connectivity index (χ3n) is 3.11. The Morgan fingerprint density at radius 1 is 1.22 bits per heavy atom. The molecule has 0 radical (unpaired) electrons.